The average molecular weight is 293 g/mol. The Kier molecular flexibility index (Phi) is 6.33. The summed E-state index contributed by atoms with van der Waals surface area (Å²) in [6.07, 6.45) is 6.24. The minimum Gasteiger partial charge on any atom is -0.493 e. The Morgan fingerprint density at radius 3 is 2.33 bits per heavy atom. The molecule has 0 bridgehead atoms. The van der Waals surface area contributed by atoms with E-state index in [0.29, 0.717) is 12.1 Å². The Balaban J connectivity index is 1.76. The molecule has 118 valence electrons. The van der Waals surface area contributed by atoms with Gasteiger partial charge in [0.1, 0.15) is 0 Å². The molecule has 1 aromatic carbocycles. The van der Waals surface area contributed by atoms with Crippen molar-refractivity contribution in [1.82, 2.24) is 5.32 Å². The summed E-state index contributed by atoms with van der Waals surface area (Å²) < 4.78 is 16.0. The number of methoxy groups -OCH3 is 3. The summed E-state index contributed by atoms with van der Waals surface area (Å²) in [4.78, 5) is 0. The molecule has 1 fully saturated rings. The predicted molar refractivity (Wildman–Crippen MR) is 84.3 cm³/mol. The molecule has 1 aliphatic carbocycles. The summed E-state index contributed by atoms with van der Waals surface area (Å²) in [6.45, 7) is 0.998. The molecule has 21 heavy (non-hydrogen) atoms. The largest absolute Gasteiger partial charge is 0.493 e. The summed E-state index contributed by atoms with van der Waals surface area (Å²) in [5.74, 6) is 1.59. The van der Waals surface area contributed by atoms with Crippen molar-refractivity contribution in [3.8, 4) is 11.5 Å². The summed E-state index contributed by atoms with van der Waals surface area (Å²) >= 11 is 0. The maximum atomic E-state index is 5.41. The van der Waals surface area contributed by atoms with Gasteiger partial charge in [0.25, 0.3) is 0 Å². The highest BCUT2D eigenvalue weighted by molar-refractivity contribution is 5.42. The van der Waals surface area contributed by atoms with Gasteiger partial charge in [0.2, 0.25) is 0 Å². The second kappa shape index (κ2) is 8.25. The monoisotopic (exact) mass is 293 g/mol. The fourth-order valence-electron chi connectivity index (χ4n) is 2.96. The van der Waals surface area contributed by atoms with Gasteiger partial charge >= 0.3 is 0 Å². The van der Waals surface area contributed by atoms with Crippen LogP contribution in [0.5, 0.6) is 11.5 Å². The van der Waals surface area contributed by atoms with Crippen LogP contribution in [-0.4, -0.2) is 40.0 Å². The Bertz CT molecular complexity index is 428. The van der Waals surface area contributed by atoms with E-state index >= 15 is 0 Å². The molecule has 0 amide bonds. The molecule has 0 aromatic heterocycles. The number of ether oxygens (including phenoxy) is 3. The van der Waals surface area contributed by atoms with Crippen LogP contribution >= 0.6 is 0 Å². The SMILES string of the molecule is COc1ccc(CCNC2CCC(OC)CC2)cc1OC. The van der Waals surface area contributed by atoms with E-state index in [4.69, 9.17) is 14.2 Å². The molecule has 1 aliphatic rings. The average Bonchev–Trinajstić information content (AvgIpc) is 2.55. The van der Waals surface area contributed by atoms with Gasteiger partial charge in [0.05, 0.1) is 20.3 Å². The highest BCUT2D eigenvalue weighted by Gasteiger charge is 2.19. The van der Waals surface area contributed by atoms with Crippen molar-refractivity contribution in [2.75, 3.05) is 27.9 Å². The summed E-state index contributed by atoms with van der Waals surface area (Å²) in [5, 5.41) is 3.65. The van der Waals surface area contributed by atoms with Crippen LogP contribution in [-0.2, 0) is 11.2 Å². The third-order valence-corrected chi connectivity index (χ3v) is 4.30. The highest BCUT2D eigenvalue weighted by atomic mass is 16.5. The van der Waals surface area contributed by atoms with Crippen LogP contribution in [0.25, 0.3) is 0 Å². The van der Waals surface area contributed by atoms with E-state index in [-0.39, 0.29) is 0 Å². The fourth-order valence-corrected chi connectivity index (χ4v) is 2.96. The maximum absolute atomic E-state index is 5.41. The van der Waals surface area contributed by atoms with Crippen LogP contribution in [0.2, 0.25) is 0 Å². The lowest BCUT2D eigenvalue weighted by molar-refractivity contribution is 0.0626. The molecule has 1 saturated carbocycles. The van der Waals surface area contributed by atoms with E-state index in [0.717, 1.165) is 24.5 Å². The van der Waals surface area contributed by atoms with Crippen LogP contribution in [0.15, 0.2) is 18.2 Å². The number of nitrogens with one attached hydrogen (secondary N) is 1. The fraction of sp³-hybridized carbons (Fsp3) is 0.647. The van der Waals surface area contributed by atoms with Crippen LogP contribution in [0.1, 0.15) is 31.2 Å². The molecule has 1 aromatic rings. The molecule has 0 spiro atoms. The van der Waals surface area contributed by atoms with Crippen molar-refractivity contribution < 1.29 is 14.2 Å². The first-order chi connectivity index (χ1) is 10.3. The molecule has 0 atom stereocenters. The van der Waals surface area contributed by atoms with Crippen LogP contribution in [0.3, 0.4) is 0 Å². The molecule has 1 N–H and O–H groups in total. The molecule has 0 radical (unpaired) electrons. The van der Waals surface area contributed by atoms with Gasteiger partial charge in [0.15, 0.2) is 11.5 Å². The van der Waals surface area contributed by atoms with Crippen molar-refractivity contribution in [1.29, 1.82) is 0 Å². The number of hydrogen-bond donors (Lipinski definition) is 1. The van der Waals surface area contributed by atoms with Crippen LogP contribution in [0, 0.1) is 0 Å². The minimum atomic E-state index is 0.467. The van der Waals surface area contributed by atoms with Crippen molar-refractivity contribution >= 4 is 0 Å². The Morgan fingerprint density at radius 1 is 1.00 bits per heavy atom. The topological polar surface area (TPSA) is 39.7 Å². The van der Waals surface area contributed by atoms with E-state index < -0.39 is 0 Å². The molecule has 2 rings (SSSR count). The smallest absolute Gasteiger partial charge is 0.160 e. The third kappa shape index (κ3) is 4.61. The molecule has 4 nitrogen and oxygen atoms in total. The van der Waals surface area contributed by atoms with Gasteiger partial charge in [-0.1, -0.05) is 6.07 Å². The van der Waals surface area contributed by atoms with E-state index in [1.165, 1.54) is 31.2 Å². The standard InChI is InChI=1S/C17H27NO3/c1-19-15-7-5-14(6-8-15)18-11-10-13-4-9-16(20-2)17(12-13)21-3/h4,9,12,14-15,18H,5-8,10-11H2,1-3H3. The Hall–Kier alpha value is -1.26. The zero-order chi connectivity index (χ0) is 15.1. The highest BCUT2D eigenvalue weighted by Crippen LogP contribution is 2.27. The summed E-state index contributed by atoms with van der Waals surface area (Å²) in [5.41, 5.74) is 1.27. The van der Waals surface area contributed by atoms with Crippen LogP contribution in [0.4, 0.5) is 0 Å². The molecule has 0 unspecified atom stereocenters. The van der Waals surface area contributed by atoms with E-state index in [1.54, 1.807) is 14.2 Å². The first-order valence-electron chi connectivity index (χ1n) is 7.74. The van der Waals surface area contributed by atoms with Crippen molar-refractivity contribution in [3.05, 3.63) is 23.8 Å². The maximum Gasteiger partial charge on any atom is 0.160 e. The first kappa shape index (κ1) is 16.1. The zero-order valence-electron chi connectivity index (χ0n) is 13.4. The lowest BCUT2D eigenvalue weighted by Gasteiger charge is -2.28. The molecular weight excluding hydrogens is 266 g/mol. The molecule has 0 saturated heterocycles. The Morgan fingerprint density at radius 2 is 1.71 bits per heavy atom. The second-order valence-corrected chi connectivity index (χ2v) is 5.60. The lowest BCUT2D eigenvalue weighted by Crippen LogP contribution is -2.36. The molecule has 0 heterocycles. The van der Waals surface area contributed by atoms with E-state index in [1.807, 2.05) is 13.2 Å². The number of rotatable bonds is 7. The van der Waals surface area contributed by atoms with Gasteiger partial charge < -0.3 is 19.5 Å². The van der Waals surface area contributed by atoms with Gasteiger partial charge in [-0.15, -0.1) is 0 Å². The minimum absolute atomic E-state index is 0.467. The normalized spacial score (nSPS) is 22.0. The zero-order valence-corrected chi connectivity index (χ0v) is 13.4. The Labute approximate surface area is 127 Å². The predicted octanol–water partition coefficient (Wildman–Crippen LogP) is 2.79. The van der Waals surface area contributed by atoms with Crippen molar-refractivity contribution in [2.45, 2.75) is 44.2 Å². The first-order valence-corrected chi connectivity index (χ1v) is 7.74. The lowest BCUT2D eigenvalue weighted by atomic mass is 9.93. The number of benzene rings is 1. The van der Waals surface area contributed by atoms with Gasteiger partial charge in [-0.3, -0.25) is 0 Å². The molecule has 4 heteroatoms. The van der Waals surface area contributed by atoms with E-state index in [2.05, 4.69) is 17.4 Å². The quantitative estimate of drug-likeness (QED) is 0.839. The summed E-state index contributed by atoms with van der Waals surface area (Å²) in [7, 11) is 5.15. The second-order valence-electron chi connectivity index (χ2n) is 5.60. The van der Waals surface area contributed by atoms with Gasteiger partial charge in [0, 0.05) is 13.2 Å². The third-order valence-electron chi connectivity index (χ3n) is 4.30. The van der Waals surface area contributed by atoms with Crippen molar-refractivity contribution in [2.24, 2.45) is 0 Å². The van der Waals surface area contributed by atoms with Crippen LogP contribution < -0.4 is 14.8 Å². The van der Waals surface area contributed by atoms with Gasteiger partial charge in [-0.2, -0.15) is 0 Å². The van der Waals surface area contributed by atoms with Gasteiger partial charge in [-0.25, -0.2) is 0 Å². The molecule has 0 aliphatic heterocycles. The van der Waals surface area contributed by atoms with Gasteiger partial charge in [-0.05, 0) is 56.3 Å². The number of hydrogen-bond acceptors (Lipinski definition) is 4. The summed E-state index contributed by atoms with van der Waals surface area (Å²) in [6, 6.07) is 6.77. The van der Waals surface area contributed by atoms with E-state index in [9.17, 15) is 0 Å². The molecular formula is C17H27NO3. The van der Waals surface area contributed by atoms with Crippen molar-refractivity contribution in [3.63, 3.8) is 0 Å².